The summed E-state index contributed by atoms with van der Waals surface area (Å²) in [7, 11) is -1.94. The van der Waals surface area contributed by atoms with E-state index in [2.05, 4.69) is 26.2 Å². The van der Waals surface area contributed by atoms with E-state index in [0.29, 0.717) is 5.50 Å². The molecule has 0 aliphatic rings. The van der Waals surface area contributed by atoms with E-state index in [9.17, 15) is 0 Å². The van der Waals surface area contributed by atoms with Crippen LogP contribution in [0.1, 0.15) is 0 Å². The minimum absolute atomic E-state index is 0.659. The Morgan fingerprint density at radius 3 is 2.00 bits per heavy atom. The van der Waals surface area contributed by atoms with Gasteiger partial charge in [-0.3, -0.25) is 0 Å². The Kier molecular flexibility index (Phi) is 4.04. The highest BCUT2D eigenvalue weighted by Crippen LogP contribution is 2.05. The molecule has 9 heavy (non-hydrogen) atoms. The maximum atomic E-state index is 5.70. The van der Waals surface area contributed by atoms with Gasteiger partial charge in [-0.05, 0) is 26.2 Å². The molecule has 0 aromatic heterocycles. The van der Waals surface area contributed by atoms with E-state index in [1.807, 2.05) is 0 Å². The summed E-state index contributed by atoms with van der Waals surface area (Å²) in [5, 5.41) is 0. The molecule has 0 aliphatic carbocycles. The van der Waals surface area contributed by atoms with Crippen molar-refractivity contribution in [3.05, 3.63) is 0 Å². The zero-order valence-corrected chi connectivity index (χ0v) is 9.25. The summed E-state index contributed by atoms with van der Waals surface area (Å²) in [6, 6.07) is 0. The van der Waals surface area contributed by atoms with Crippen LogP contribution in [-0.4, -0.2) is 22.9 Å². The van der Waals surface area contributed by atoms with E-state index >= 15 is 0 Å². The maximum absolute atomic E-state index is 5.70. The maximum Gasteiger partial charge on any atom is 0.210 e. The molecule has 0 aliphatic heterocycles. The Hall–Kier alpha value is 0.684. The van der Waals surface area contributed by atoms with Gasteiger partial charge in [-0.25, -0.2) is 0 Å². The minimum Gasteiger partial charge on any atom is -0.455 e. The average molecular weight is 182 g/mol. The van der Waals surface area contributed by atoms with Gasteiger partial charge in [-0.2, -0.15) is 0 Å². The van der Waals surface area contributed by atoms with E-state index in [-0.39, 0.29) is 0 Å². The van der Waals surface area contributed by atoms with Crippen LogP contribution in [0.15, 0.2) is 0 Å². The van der Waals surface area contributed by atoms with Crippen LogP contribution >= 0.6 is 11.6 Å². The van der Waals surface area contributed by atoms with Gasteiger partial charge in [-0.1, -0.05) is 0 Å². The van der Waals surface area contributed by atoms with Crippen LogP contribution in [0.25, 0.3) is 0 Å². The van der Waals surface area contributed by atoms with Gasteiger partial charge >= 0.3 is 0 Å². The first-order valence-corrected chi connectivity index (χ1v) is 9.09. The van der Waals surface area contributed by atoms with Crippen LogP contribution < -0.4 is 0 Å². The Morgan fingerprint density at radius 1 is 1.44 bits per heavy atom. The predicted octanol–water partition coefficient (Wildman–Crippen LogP) is 2.24. The van der Waals surface area contributed by atoms with Crippen molar-refractivity contribution in [1.82, 2.24) is 0 Å². The van der Waals surface area contributed by atoms with Crippen LogP contribution in [0.4, 0.5) is 0 Å². The highest BCUT2D eigenvalue weighted by atomic mass is 35.5. The average Bonchev–Trinajstić information content (AvgIpc) is 1.62. The van der Waals surface area contributed by atoms with Crippen LogP contribution in [-0.2, 0) is 4.12 Å². The molecule has 0 bridgehead atoms. The molecule has 1 radical (unpaired) electrons. The number of rotatable bonds is 3. The van der Waals surface area contributed by atoms with Gasteiger partial charge in [0.2, 0.25) is 9.04 Å². The van der Waals surface area contributed by atoms with Crippen LogP contribution in [0.5, 0.6) is 0 Å². The topological polar surface area (TPSA) is 9.23 Å². The van der Waals surface area contributed by atoms with Crippen molar-refractivity contribution in [3.8, 4) is 0 Å². The summed E-state index contributed by atoms with van der Waals surface area (Å²) in [6.07, 6.45) is 0. The van der Waals surface area contributed by atoms with E-state index in [4.69, 9.17) is 15.7 Å². The molecule has 0 atom stereocenters. The fraction of sp³-hybridized carbons (Fsp3) is 1.00. The lowest BCUT2D eigenvalue weighted by molar-refractivity contribution is 0.581. The minimum atomic E-state index is -1.28. The van der Waals surface area contributed by atoms with Gasteiger partial charge in [0.15, 0.2) is 8.32 Å². The molecular weight excluding hydrogens is 168 g/mol. The molecule has 1 nitrogen and oxygen atoms in total. The van der Waals surface area contributed by atoms with Gasteiger partial charge in [-0.15, -0.1) is 11.6 Å². The number of halogens is 1. The summed E-state index contributed by atoms with van der Waals surface area (Å²) in [4.78, 5) is 0. The van der Waals surface area contributed by atoms with Crippen LogP contribution in [0.3, 0.4) is 0 Å². The zero-order valence-electron chi connectivity index (χ0n) is 6.49. The SMILES string of the molecule is C[Si](CCl)O[Si](C)(C)C. The Balaban J connectivity index is 3.47. The number of hydrogen-bond acceptors (Lipinski definition) is 1. The Labute approximate surface area is 65.2 Å². The molecule has 0 amide bonds. The van der Waals surface area contributed by atoms with Crippen LogP contribution in [0, 0.1) is 0 Å². The van der Waals surface area contributed by atoms with E-state index in [1.54, 1.807) is 0 Å². The molecule has 0 saturated heterocycles. The van der Waals surface area contributed by atoms with Crippen molar-refractivity contribution in [3.63, 3.8) is 0 Å². The van der Waals surface area contributed by atoms with Crippen molar-refractivity contribution in [2.75, 3.05) is 5.50 Å². The molecule has 0 rings (SSSR count). The van der Waals surface area contributed by atoms with Gasteiger partial charge in [0, 0.05) is 5.50 Å². The molecule has 0 saturated carbocycles. The smallest absolute Gasteiger partial charge is 0.210 e. The Morgan fingerprint density at radius 2 is 1.89 bits per heavy atom. The lowest BCUT2D eigenvalue weighted by Gasteiger charge is -2.20. The molecule has 0 fully saturated rings. The Bertz CT molecular complexity index is 81.5. The zero-order chi connectivity index (χ0) is 7.49. The fourth-order valence-corrected chi connectivity index (χ4v) is 5.44. The van der Waals surface area contributed by atoms with E-state index in [0.717, 1.165) is 0 Å². The largest absolute Gasteiger partial charge is 0.455 e. The third kappa shape index (κ3) is 6.57. The van der Waals surface area contributed by atoms with Gasteiger partial charge in [0.25, 0.3) is 0 Å². The molecular formula is C5H14ClOSi2. The molecule has 0 unspecified atom stereocenters. The summed E-state index contributed by atoms with van der Waals surface area (Å²) in [6.45, 7) is 8.67. The number of alkyl halides is 1. The molecule has 0 aromatic rings. The standard InChI is InChI=1S/C5H14ClOSi2/c1-8(5-6)7-9(2,3)4/h5H2,1-4H3. The van der Waals surface area contributed by atoms with Gasteiger partial charge < -0.3 is 4.12 Å². The lowest BCUT2D eigenvalue weighted by Crippen LogP contribution is -2.34. The normalized spacial score (nSPS) is 12.7. The first-order valence-electron chi connectivity index (χ1n) is 3.03. The molecule has 4 heteroatoms. The van der Waals surface area contributed by atoms with Crippen LogP contribution in [0.2, 0.25) is 26.2 Å². The summed E-state index contributed by atoms with van der Waals surface area (Å²) in [5.74, 6) is 0. The molecule has 0 spiro atoms. The second-order valence-corrected chi connectivity index (χ2v) is 10.6. The first-order chi connectivity index (χ1) is 3.95. The fourth-order valence-electron chi connectivity index (χ4n) is 0.550. The van der Waals surface area contributed by atoms with Crippen molar-refractivity contribution in [2.45, 2.75) is 26.2 Å². The van der Waals surface area contributed by atoms with Crippen molar-refractivity contribution in [1.29, 1.82) is 0 Å². The molecule has 55 valence electrons. The summed E-state index contributed by atoms with van der Waals surface area (Å²) in [5.41, 5.74) is 0.703. The van der Waals surface area contributed by atoms with E-state index < -0.39 is 17.4 Å². The molecule has 0 aromatic carbocycles. The molecule has 0 N–H and O–H groups in total. The predicted molar refractivity (Wildman–Crippen MR) is 46.8 cm³/mol. The first kappa shape index (κ1) is 9.68. The third-order valence-corrected chi connectivity index (χ3v) is 6.02. The second kappa shape index (κ2) is 3.76. The van der Waals surface area contributed by atoms with Crippen molar-refractivity contribution in [2.24, 2.45) is 0 Å². The summed E-state index contributed by atoms with van der Waals surface area (Å²) >= 11 is 5.60. The second-order valence-electron chi connectivity index (χ2n) is 3.05. The molecule has 0 heterocycles. The van der Waals surface area contributed by atoms with Gasteiger partial charge in [0.05, 0.1) is 0 Å². The highest BCUT2D eigenvalue weighted by molar-refractivity contribution is 6.78. The summed E-state index contributed by atoms with van der Waals surface area (Å²) < 4.78 is 5.70. The quantitative estimate of drug-likeness (QED) is 0.480. The third-order valence-electron chi connectivity index (χ3n) is 0.669. The lowest BCUT2D eigenvalue weighted by atomic mass is 11.8. The monoisotopic (exact) mass is 181 g/mol. The highest BCUT2D eigenvalue weighted by Gasteiger charge is 2.18. The number of hydrogen-bond donors (Lipinski definition) is 0. The van der Waals surface area contributed by atoms with Gasteiger partial charge in [0.1, 0.15) is 0 Å². The van der Waals surface area contributed by atoms with Crippen molar-refractivity contribution < 1.29 is 4.12 Å². The van der Waals surface area contributed by atoms with Crippen molar-refractivity contribution >= 4 is 29.0 Å². The van der Waals surface area contributed by atoms with E-state index in [1.165, 1.54) is 0 Å².